The standard InChI is InChI=1S/C19H14N4O2S/c1-11-15(12-7-3-2-4-8-12)20-19(26-11)21-18(25)16-13-9-5-6-10-14(13)17(24)23-22-16/h2-10H,1H3,(H,23,24)(H,20,21,25). The van der Waals surface area contributed by atoms with Crippen molar-refractivity contribution in [3.63, 3.8) is 0 Å². The van der Waals surface area contributed by atoms with Crippen molar-refractivity contribution in [3.05, 3.63) is 75.5 Å². The van der Waals surface area contributed by atoms with Crippen LogP contribution in [0, 0.1) is 6.92 Å². The molecule has 6 nitrogen and oxygen atoms in total. The van der Waals surface area contributed by atoms with Gasteiger partial charge in [0.15, 0.2) is 10.8 Å². The minimum absolute atomic E-state index is 0.161. The van der Waals surface area contributed by atoms with Crippen LogP contribution in [0.1, 0.15) is 15.4 Å². The van der Waals surface area contributed by atoms with Crippen LogP contribution in [-0.2, 0) is 0 Å². The van der Waals surface area contributed by atoms with Gasteiger partial charge < -0.3 is 0 Å². The zero-order valence-corrected chi connectivity index (χ0v) is 14.6. The molecule has 2 aromatic carbocycles. The molecule has 0 aliphatic carbocycles. The number of thiazole rings is 1. The molecule has 2 N–H and O–H groups in total. The van der Waals surface area contributed by atoms with Crippen molar-refractivity contribution in [3.8, 4) is 11.3 Å². The average Bonchev–Trinajstić information content (AvgIpc) is 3.03. The molecule has 4 aromatic rings. The van der Waals surface area contributed by atoms with Gasteiger partial charge in [-0.05, 0) is 13.0 Å². The van der Waals surface area contributed by atoms with Gasteiger partial charge in [-0.25, -0.2) is 10.1 Å². The molecule has 2 heterocycles. The fourth-order valence-electron chi connectivity index (χ4n) is 2.76. The highest BCUT2D eigenvalue weighted by Gasteiger charge is 2.17. The molecule has 0 saturated heterocycles. The number of aromatic nitrogens is 3. The minimum Gasteiger partial charge on any atom is -0.296 e. The van der Waals surface area contributed by atoms with E-state index >= 15 is 0 Å². The lowest BCUT2D eigenvalue weighted by atomic mass is 10.1. The Morgan fingerprint density at radius 1 is 1.04 bits per heavy atom. The molecule has 7 heteroatoms. The van der Waals surface area contributed by atoms with Crippen molar-refractivity contribution in [2.75, 3.05) is 5.32 Å². The molecule has 128 valence electrons. The zero-order valence-electron chi connectivity index (χ0n) is 13.8. The van der Waals surface area contributed by atoms with Gasteiger partial charge in [-0.15, -0.1) is 11.3 Å². The topological polar surface area (TPSA) is 87.7 Å². The highest BCUT2D eigenvalue weighted by atomic mass is 32.1. The molecular formula is C19H14N4O2S. The van der Waals surface area contributed by atoms with E-state index in [0.29, 0.717) is 15.9 Å². The molecule has 0 saturated carbocycles. The smallest absolute Gasteiger partial charge is 0.278 e. The van der Waals surface area contributed by atoms with Crippen LogP contribution < -0.4 is 10.9 Å². The maximum atomic E-state index is 12.7. The summed E-state index contributed by atoms with van der Waals surface area (Å²) in [5.41, 5.74) is 1.67. The maximum absolute atomic E-state index is 12.7. The van der Waals surface area contributed by atoms with Crippen molar-refractivity contribution >= 4 is 33.1 Å². The van der Waals surface area contributed by atoms with Gasteiger partial charge in [-0.1, -0.05) is 48.5 Å². The summed E-state index contributed by atoms with van der Waals surface area (Å²) in [7, 11) is 0. The largest absolute Gasteiger partial charge is 0.296 e. The third-order valence-electron chi connectivity index (χ3n) is 3.98. The van der Waals surface area contributed by atoms with E-state index in [9.17, 15) is 9.59 Å². The fraction of sp³-hybridized carbons (Fsp3) is 0.0526. The second-order valence-electron chi connectivity index (χ2n) is 5.69. The summed E-state index contributed by atoms with van der Waals surface area (Å²) in [6, 6.07) is 16.7. The fourth-order valence-corrected chi connectivity index (χ4v) is 3.59. The van der Waals surface area contributed by atoms with Crippen LogP contribution in [0.2, 0.25) is 0 Å². The van der Waals surface area contributed by atoms with Crippen LogP contribution in [0.15, 0.2) is 59.4 Å². The number of carbonyl (C=O) groups is 1. The summed E-state index contributed by atoms with van der Waals surface area (Å²) in [5, 5.41) is 10.5. The minimum atomic E-state index is -0.411. The van der Waals surface area contributed by atoms with E-state index in [2.05, 4.69) is 20.5 Å². The summed E-state index contributed by atoms with van der Waals surface area (Å²) < 4.78 is 0. The van der Waals surface area contributed by atoms with Gasteiger partial charge in [0.25, 0.3) is 11.5 Å². The monoisotopic (exact) mass is 362 g/mol. The molecule has 4 rings (SSSR count). The summed E-state index contributed by atoms with van der Waals surface area (Å²) in [6.07, 6.45) is 0. The molecule has 0 aliphatic rings. The zero-order chi connectivity index (χ0) is 18.1. The second-order valence-corrected chi connectivity index (χ2v) is 6.89. The van der Waals surface area contributed by atoms with Crippen LogP contribution in [-0.4, -0.2) is 21.1 Å². The normalized spacial score (nSPS) is 10.8. The third-order valence-corrected chi connectivity index (χ3v) is 4.86. The lowest BCUT2D eigenvalue weighted by Gasteiger charge is -2.04. The Morgan fingerprint density at radius 3 is 2.50 bits per heavy atom. The lowest BCUT2D eigenvalue weighted by Crippen LogP contribution is -2.19. The predicted octanol–water partition coefficient (Wildman–Crippen LogP) is 3.61. The number of carbonyl (C=O) groups excluding carboxylic acids is 1. The highest BCUT2D eigenvalue weighted by Crippen LogP contribution is 2.30. The van der Waals surface area contributed by atoms with E-state index in [1.807, 2.05) is 37.3 Å². The molecule has 0 fully saturated rings. The van der Waals surface area contributed by atoms with E-state index in [1.54, 1.807) is 24.3 Å². The van der Waals surface area contributed by atoms with Gasteiger partial charge in [0, 0.05) is 15.8 Å². The van der Waals surface area contributed by atoms with E-state index in [0.717, 1.165) is 16.1 Å². The Labute approximate surface area is 152 Å². The van der Waals surface area contributed by atoms with Gasteiger partial charge in [0.05, 0.1) is 11.1 Å². The van der Waals surface area contributed by atoms with Gasteiger partial charge in [0.1, 0.15) is 0 Å². The highest BCUT2D eigenvalue weighted by molar-refractivity contribution is 7.16. The van der Waals surface area contributed by atoms with Crippen LogP contribution in [0.3, 0.4) is 0 Å². The SMILES string of the molecule is Cc1sc(NC(=O)c2n[nH]c(=O)c3ccccc23)nc1-c1ccccc1. The Hall–Kier alpha value is -3.32. The van der Waals surface area contributed by atoms with E-state index in [-0.39, 0.29) is 11.3 Å². The van der Waals surface area contributed by atoms with E-state index in [1.165, 1.54) is 11.3 Å². The molecule has 0 bridgehead atoms. The van der Waals surface area contributed by atoms with Crippen molar-refractivity contribution in [1.82, 2.24) is 15.2 Å². The molecule has 0 atom stereocenters. The molecule has 0 aliphatic heterocycles. The summed E-state index contributed by atoms with van der Waals surface area (Å²) in [4.78, 5) is 30.1. The third kappa shape index (κ3) is 2.89. The van der Waals surface area contributed by atoms with Crippen molar-refractivity contribution in [1.29, 1.82) is 0 Å². The number of nitrogens with one attached hydrogen (secondary N) is 2. The first-order valence-electron chi connectivity index (χ1n) is 7.95. The number of hydrogen-bond donors (Lipinski definition) is 2. The van der Waals surface area contributed by atoms with Gasteiger partial charge in [0.2, 0.25) is 0 Å². The average molecular weight is 362 g/mol. The van der Waals surface area contributed by atoms with E-state index < -0.39 is 5.91 Å². The lowest BCUT2D eigenvalue weighted by molar-refractivity contribution is 0.102. The molecule has 0 radical (unpaired) electrons. The van der Waals surface area contributed by atoms with Gasteiger partial charge in [-0.3, -0.25) is 14.9 Å². The van der Waals surface area contributed by atoms with Crippen molar-refractivity contribution in [2.45, 2.75) is 6.92 Å². The van der Waals surface area contributed by atoms with Crippen LogP contribution in [0.5, 0.6) is 0 Å². The number of fused-ring (bicyclic) bond motifs is 1. The van der Waals surface area contributed by atoms with Crippen molar-refractivity contribution < 1.29 is 4.79 Å². The first-order valence-corrected chi connectivity index (χ1v) is 8.77. The molecule has 2 aromatic heterocycles. The second kappa shape index (κ2) is 6.53. The Bertz CT molecular complexity index is 1170. The molecule has 26 heavy (non-hydrogen) atoms. The van der Waals surface area contributed by atoms with Crippen LogP contribution in [0.4, 0.5) is 5.13 Å². The molecule has 0 spiro atoms. The van der Waals surface area contributed by atoms with Gasteiger partial charge >= 0.3 is 0 Å². The Balaban J connectivity index is 1.68. The first-order chi connectivity index (χ1) is 12.6. The molecular weight excluding hydrogens is 348 g/mol. The number of H-pyrrole nitrogens is 1. The number of aryl methyl sites for hydroxylation is 1. The Morgan fingerprint density at radius 2 is 1.73 bits per heavy atom. The number of amides is 1. The van der Waals surface area contributed by atoms with Crippen molar-refractivity contribution in [2.24, 2.45) is 0 Å². The van der Waals surface area contributed by atoms with Crippen LogP contribution >= 0.6 is 11.3 Å². The van der Waals surface area contributed by atoms with Gasteiger partial charge in [-0.2, -0.15) is 5.10 Å². The number of rotatable bonds is 3. The molecule has 0 unspecified atom stereocenters. The summed E-state index contributed by atoms with van der Waals surface area (Å²) in [6.45, 7) is 1.96. The van der Waals surface area contributed by atoms with E-state index in [4.69, 9.17) is 0 Å². The number of benzene rings is 2. The first kappa shape index (κ1) is 16.2. The maximum Gasteiger partial charge on any atom is 0.278 e. The summed E-state index contributed by atoms with van der Waals surface area (Å²) in [5.74, 6) is -0.411. The Kier molecular flexibility index (Phi) is 4.06. The van der Waals surface area contributed by atoms with Crippen LogP contribution in [0.25, 0.3) is 22.0 Å². The molecule has 1 amide bonds. The quantitative estimate of drug-likeness (QED) is 0.583. The number of aromatic amines is 1. The number of nitrogens with zero attached hydrogens (tertiary/aromatic N) is 2. The summed E-state index contributed by atoms with van der Waals surface area (Å²) >= 11 is 1.40. The predicted molar refractivity (Wildman–Crippen MR) is 103 cm³/mol. The number of anilines is 1. The number of hydrogen-bond acceptors (Lipinski definition) is 5.